The number of rotatable bonds is 3. The van der Waals surface area contributed by atoms with Gasteiger partial charge in [0.2, 0.25) is 0 Å². The fourth-order valence-corrected chi connectivity index (χ4v) is 1.49. The minimum atomic E-state index is -0.585. The molecule has 0 heterocycles. The van der Waals surface area contributed by atoms with Crippen LogP contribution in [0.5, 0.6) is 0 Å². The Morgan fingerprint density at radius 2 is 2.23 bits per heavy atom. The first-order valence-electron chi connectivity index (χ1n) is 4.28. The van der Waals surface area contributed by atoms with Crippen molar-refractivity contribution < 1.29 is 9.50 Å². The molecule has 0 bridgehead atoms. The van der Waals surface area contributed by atoms with Gasteiger partial charge in [0.15, 0.2) is 0 Å². The third kappa shape index (κ3) is 2.68. The van der Waals surface area contributed by atoms with Crippen LogP contribution in [0.15, 0.2) is 18.2 Å². The summed E-state index contributed by atoms with van der Waals surface area (Å²) in [5.41, 5.74) is 0.602. The van der Waals surface area contributed by atoms with Gasteiger partial charge in [0.05, 0.1) is 6.10 Å². The van der Waals surface area contributed by atoms with Gasteiger partial charge in [-0.2, -0.15) is 0 Å². The van der Waals surface area contributed by atoms with Crippen LogP contribution in [0, 0.1) is 5.82 Å². The molecule has 0 aromatic heterocycles. The molecule has 1 rings (SSSR count). The minimum absolute atomic E-state index is 0.293. The second kappa shape index (κ2) is 4.58. The summed E-state index contributed by atoms with van der Waals surface area (Å²) >= 11 is 5.76. The highest BCUT2D eigenvalue weighted by Crippen LogP contribution is 2.26. The zero-order valence-electron chi connectivity index (χ0n) is 7.43. The van der Waals surface area contributed by atoms with Crippen LogP contribution >= 0.6 is 11.6 Å². The summed E-state index contributed by atoms with van der Waals surface area (Å²) in [5, 5.41) is 9.88. The lowest BCUT2D eigenvalue weighted by atomic mass is 10.1. The normalized spacial score (nSPS) is 12.9. The van der Waals surface area contributed by atoms with Crippen molar-refractivity contribution in [3.8, 4) is 0 Å². The zero-order valence-corrected chi connectivity index (χ0v) is 8.18. The van der Waals surface area contributed by atoms with Crippen LogP contribution in [0.4, 0.5) is 4.39 Å². The predicted molar refractivity (Wildman–Crippen MR) is 51.3 cm³/mol. The van der Waals surface area contributed by atoms with E-state index >= 15 is 0 Å². The lowest BCUT2D eigenvalue weighted by Gasteiger charge is -2.10. The SMILES string of the molecule is CCC[C@H](O)c1ccc(F)cc1Cl. The molecule has 1 aromatic carbocycles. The average molecular weight is 203 g/mol. The second-order valence-electron chi connectivity index (χ2n) is 2.97. The van der Waals surface area contributed by atoms with Crippen LogP contribution < -0.4 is 0 Å². The molecule has 0 spiro atoms. The molecule has 1 atom stereocenters. The molecule has 13 heavy (non-hydrogen) atoms. The van der Waals surface area contributed by atoms with Crippen molar-refractivity contribution in [2.45, 2.75) is 25.9 Å². The van der Waals surface area contributed by atoms with Crippen LogP contribution in [-0.2, 0) is 0 Å². The molecule has 0 aliphatic rings. The van der Waals surface area contributed by atoms with E-state index in [0.29, 0.717) is 17.0 Å². The van der Waals surface area contributed by atoms with Crippen LogP contribution in [0.25, 0.3) is 0 Å². The van der Waals surface area contributed by atoms with Crippen LogP contribution in [0.1, 0.15) is 31.4 Å². The first-order chi connectivity index (χ1) is 6.15. The highest BCUT2D eigenvalue weighted by molar-refractivity contribution is 6.31. The molecule has 72 valence electrons. The largest absolute Gasteiger partial charge is 0.388 e. The highest BCUT2D eigenvalue weighted by atomic mass is 35.5. The molecule has 0 saturated heterocycles. The maximum atomic E-state index is 12.6. The summed E-state index contributed by atoms with van der Waals surface area (Å²) in [6.07, 6.45) is 0.929. The zero-order chi connectivity index (χ0) is 9.84. The molecule has 1 N–H and O–H groups in total. The Bertz CT molecular complexity index is 288. The van der Waals surface area contributed by atoms with Gasteiger partial charge in [-0.3, -0.25) is 0 Å². The highest BCUT2D eigenvalue weighted by Gasteiger charge is 2.10. The van der Waals surface area contributed by atoms with Gasteiger partial charge >= 0.3 is 0 Å². The Balaban J connectivity index is 2.88. The van der Waals surface area contributed by atoms with Gasteiger partial charge in [-0.05, 0) is 24.1 Å². The Hall–Kier alpha value is -0.600. The molecule has 0 aliphatic carbocycles. The third-order valence-electron chi connectivity index (χ3n) is 1.88. The molecule has 0 amide bonds. The minimum Gasteiger partial charge on any atom is -0.388 e. The lowest BCUT2D eigenvalue weighted by Crippen LogP contribution is -1.97. The van der Waals surface area contributed by atoms with Crippen molar-refractivity contribution in [1.29, 1.82) is 0 Å². The Morgan fingerprint density at radius 3 is 2.77 bits per heavy atom. The average Bonchev–Trinajstić information content (AvgIpc) is 2.04. The molecule has 1 aromatic rings. The van der Waals surface area contributed by atoms with E-state index in [4.69, 9.17) is 11.6 Å². The number of aliphatic hydroxyl groups is 1. The Morgan fingerprint density at radius 1 is 1.54 bits per heavy atom. The summed E-state index contributed by atoms with van der Waals surface area (Å²) in [6, 6.07) is 4.05. The van der Waals surface area contributed by atoms with Crippen LogP contribution in [0.2, 0.25) is 5.02 Å². The lowest BCUT2D eigenvalue weighted by molar-refractivity contribution is 0.166. The number of benzene rings is 1. The van der Waals surface area contributed by atoms with E-state index in [1.807, 2.05) is 6.92 Å². The first-order valence-corrected chi connectivity index (χ1v) is 4.66. The topological polar surface area (TPSA) is 20.2 Å². The molecule has 1 nitrogen and oxygen atoms in total. The fourth-order valence-electron chi connectivity index (χ4n) is 1.20. The molecule has 0 fully saturated rings. The van der Waals surface area contributed by atoms with Crippen molar-refractivity contribution in [3.63, 3.8) is 0 Å². The summed E-state index contributed by atoms with van der Waals surface area (Å²) in [7, 11) is 0. The van der Waals surface area contributed by atoms with Crippen molar-refractivity contribution in [3.05, 3.63) is 34.6 Å². The van der Waals surface area contributed by atoms with Gasteiger partial charge in [-0.1, -0.05) is 31.0 Å². The van der Waals surface area contributed by atoms with Crippen LogP contribution in [0.3, 0.4) is 0 Å². The monoisotopic (exact) mass is 202 g/mol. The molecule has 0 aliphatic heterocycles. The molecule has 0 saturated carbocycles. The van der Waals surface area contributed by atoms with Crippen LogP contribution in [-0.4, -0.2) is 5.11 Å². The number of hydrogen-bond donors (Lipinski definition) is 1. The van der Waals surface area contributed by atoms with E-state index in [9.17, 15) is 9.50 Å². The first kappa shape index (κ1) is 10.5. The number of halogens is 2. The second-order valence-corrected chi connectivity index (χ2v) is 3.38. The summed E-state index contributed by atoms with van der Waals surface area (Å²) in [5.74, 6) is -0.377. The molecule has 3 heteroatoms. The fraction of sp³-hybridized carbons (Fsp3) is 0.400. The summed E-state index contributed by atoms with van der Waals surface area (Å²) < 4.78 is 12.6. The summed E-state index contributed by atoms with van der Waals surface area (Å²) in [4.78, 5) is 0. The maximum Gasteiger partial charge on any atom is 0.124 e. The Labute approximate surface area is 82.2 Å². The smallest absolute Gasteiger partial charge is 0.124 e. The van der Waals surface area contributed by atoms with Gasteiger partial charge in [-0.15, -0.1) is 0 Å². The molecule has 0 unspecified atom stereocenters. The standard InChI is InChI=1S/C10H12ClFO/c1-2-3-10(13)8-5-4-7(12)6-9(8)11/h4-6,10,13H,2-3H2,1H3/t10-/m0/s1. The Kier molecular flexibility index (Phi) is 3.70. The van der Waals surface area contributed by atoms with Gasteiger partial charge in [-0.25, -0.2) is 4.39 Å². The van der Waals surface area contributed by atoms with Crippen molar-refractivity contribution >= 4 is 11.6 Å². The maximum absolute atomic E-state index is 12.6. The van der Waals surface area contributed by atoms with E-state index in [1.165, 1.54) is 18.2 Å². The van der Waals surface area contributed by atoms with Crippen molar-refractivity contribution in [2.24, 2.45) is 0 Å². The van der Waals surface area contributed by atoms with E-state index in [1.54, 1.807) is 0 Å². The van der Waals surface area contributed by atoms with E-state index in [-0.39, 0.29) is 5.82 Å². The quantitative estimate of drug-likeness (QED) is 0.798. The van der Waals surface area contributed by atoms with Crippen molar-refractivity contribution in [1.82, 2.24) is 0 Å². The summed E-state index contributed by atoms with van der Waals surface area (Å²) in [6.45, 7) is 1.97. The van der Waals surface area contributed by atoms with Gasteiger partial charge in [0.25, 0.3) is 0 Å². The molecular weight excluding hydrogens is 191 g/mol. The van der Waals surface area contributed by atoms with E-state index < -0.39 is 6.10 Å². The van der Waals surface area contributed by atoms with Crippen molar-refractivity contribution in [2.75, 3.05) is 0 Å². The van der Waals surface area contributed by atoms with Gasteiger partial charge < -0.3 is 5.11 Å². The third-order valence-corrected chi connectivity index (χ3v) is 2.21. The predicted octanol–water partition coefficient (Wildman–Crippen LogP) is 3.31. The molecular formula is C10H12ClFO. The number of aliphatic hydroxyl groups excluding tert-OH is 1. The molecule has 0 radical (unpaired) electrons. The van der Waals surface area contributed by atoms with Gasteiger partial charge in [0.1, 0.15) is 5.82 Å². The van der Waals surface area contributed by atoms with E-state index in [2.05, 4.69) is 0 Å². The van der Waals surface area contributed by atoms with E-state index in [0.717, 1.165) is 6.42 Å². The van der Waals surface area contributed by atoms with Gasteiger partial charge in [0, 0.05) is 5.02 Å². The number of hydrogen-bond acceptors (Lipinski definition) is 1.